The van der Waals surface area contributed by atoms with Crippen molar-refractivity contribution in [2.24, 2.45) is 0 Å². The Balaban J connectivity index is 1.85. The fourth-order valence-electron chi connectivity index (χ4n) is 3.03. The van der Waals surface area contributed by atoms with E-state index in [1.54, 1.807) is 33.1 Å². The van der Waals surface area contributed by atoms with Gasteiger partial charge in [-0.2, -0.15) is 0 Å². The minimum atomic E-state index is -0.557. The van der Waals surface area contributed by atoms with Crippen molar-refractivity contribution in [2.75, 3.05) is 17.7 Å². The maximum Gasteiger partial charge on any atom is 0.253 e. The highest BCUT2D eigenvalue weighted by atomic mass is 16.5. The van der Waals surface area contributed by atoms with Gasteiger partial charge in [0, 0.05) is 11.7 Å². The molecule has 6 nitrogen and oxygen atoms in total. The van der Waals surface area contributed by atoms with Crippen LogP contribution >= 0.6 is 0 Å². The van der Waals surface area contributed by atoms with E-state index in [2.05, 4.69) is 10.6 Å². The van der Waals surface area contributed by atoms with Crippen LogP contribution in [0.1, 0.15) is 29.7 Å². The number of methoxy groups -OCH3 is 1. The third kappa shape index (κ3) is 3.51. The summed E-state index contributed by atoms with van der Waals surface area (Å²) >= 11 is 0. The summed E-state index contributed by atoms with van der Waals surface area (Å²) < 4.78 is 5.23. The van der Waals surface area contributed by atoms with Crippen LogP contribution in [0.2, 0.25) is 0 Å². The second-order valence-electron chi connectivity index (χ2n) is 6.63. The van der Waals surface area contributed by atoms with Crippen molar-refractivity contribution in [1.82, 2.24) is 0 Å². The lowest BCUT2D eigenvalue weighted by Crippen LogP contribution is -2.37. The van der Waals surface area contributed by atoms with Crippen LogP contribution in [0.3, 0.4) is 0 Å². The maximum atomic E-state index is 12.1. The van der Waals surface area contributed by atoms with Gasteiger partial charge in [0.15, 0.2) is 0 Å². The van der Waals surface area contributed by atoms with E-state index < -0.39 is 10.9 Å². The molecule has 0 aromatic heterocycles. The van der Waals surface area contributed by atoms with Crippen molar-refractivity contribution in [3.63, 3.8) is 0 Å². The first-order chi connectivity index (χ1) is 12.8. The second-order valence-corrected chi connectivity index (χ2v) is 6.63. The number of ether oxygens (including phenoxy) is 1. The molecule has 0 aliphatic carbocycles. The number of nitrogens with one attached hydrogen (secondary N) is 2. The van der Waals surface area contributed by atoms with Crippen LogP contribution in [0.15, 0.2) is 46.0 Å². The zero-order chi connectivity index (χ0) is 19.7. The molecule has 0 fully saturated rings. The quantitative estimate of drug-likeness (QED) is 0.457. The molecule has 27 heavy (non-hydrogen) atoms. The number of rotatable bonds is 6. The van der Waals surface area contributed by atoms with Crippen molar-refractivity contribution in [1.29, 1.82) is 0 Å². The second kappa shape index (κ2) is 7.15. The Morgan fingerprint density at radius 3 is 2.26 bits per heavy atom. The van der Waals surface area contributed by atoms with E-state index in [4.69, 9.17) is 4.74 Å². The minimum Gasteiger partial charge on any atom is -0.507 e. The number of aromatic hydroxyl groups is 1. The average Bonchev–Trinajstić information content (AvgIpc) is 2.68. The summed E-state index contributed by atoms with van der Waals surface area (Å²) in [5.74, 6) is 0.940. The number of phenolic OH excluding ortho intramolecular Hbond substituents is 1. The lowest BCUT2D eigenvalue weighted by atomic mass is 10.1. The first kappa shape index (κ1) is 18.5. The van der Waals surface area contributed by atoms with Gasteiger partial charge in [0.25, 0.3) is 10.9 Å². The van der Waals surface area contributed by atoms with Crippen LogP contribution < -0.4 is 26.2 Å². The number of benzene rings is 2. The van der Waals surface area contributed by atoms with Crippen LogP contribution in [0.5, 0.6) is 11.5 Å². The van der Waals surface area contributed by atoms with Crippen LogP contribution in [0.25, 0.3) is 0 Å². The molecule has 6 heteroatoms. The van der Waals surface area contributed by atoms with Crippen LogP contribution in [0.4, 0.5) is 17.1 Å². The molecule has 0 spiro atoms. The highest BCUT2D eigenvalue weighted by Crippen LogP contribution is 2.30. The van der Waals surface area contributed by atoms with Gasteiger partial charge in [-0.25, -0.2) is 0 Å². The number of hydrogen-bond donors (Lipinski definition) is 3. The molecule has 0 saturated heterocycles. The van der Waals surface area contributed by atoms with E-state index in [0.717, 1.165) is 11.3 Å². The molecule has 0 amide bonds. The fraction of sp³-hybridized carbons (Fsp3) is 0.238. The molecule has 3 aromatic rings. The molecular weight excluding hydrogens is 344 g/mol. The summed E-state index contributed by atoms with van der Waals surface area (Å²) in [7, 11) is 1.59. The third-order valence-corrected chi connectivity index (χ3v) is 4.63. The summed E-state index contributed by atoms with van der Waals surface area (Å²) in [6, 6.07) is 10.8. The molecule has 0 aliphatic heterocycles. The molecule has 1 unspecified atom stereocenters. The summed E-state index contributed by atoms with van der Waals surface area (Å²) in [6.45, 7) is 5.46. The summed E-state index contributed by atoms with van der Waals surface area (Å²) in [5.41, 5.74) is 2.36. The zero-order valence-corrected chi connectivity index (χ0v) is 15.7. The number of anilines is 3. The molecule has 140 valence electrons. The Labute approximate surface area is 157 Å². The maximum absolute atomic E-state index is 12.1. The first-order valence-corrected chi connectivity index (χ1v) is 8.62. The monoisotopic (exact) mass is 366 g/mol. The Hall–Kier alpha value is -3.28. The largest absolute Gasteiger partial charge is 0.507 e. The highest BCUT2D eigenvalue weighted by molar-refractivity contribution is 5.79. The van der Waals surface area contributed by atoms with Gasteiger partial charge < -0.3 is 20.5 Å². The van der Waals surface area contributed by atoms with Gasteiger partial charge in [-0.1, -0.05) is 12.1 Å². The van der Waals surface area contributed by atoms with Crippen molar-refractivity contribution in [3.05, 3.63) is 73.5 Å². The van der Waals surface area contributed by atoms with Crippen LogP contribution in [-0.2, 0) is 0 Å². The highest BCUT2D eigenvalue weighted by Gasteiger charge is 2.23. The smallest absolute Gasteiger partial charge is 0.253 e. The molecule has 0 saturated carbocycles. The Morgan fingerprint density at radius 2 is 1.63 bits per heavy atom. The van der Waals surface area contributed by atoms with E-state index in [1.165, 1.54) is 0 Å². The Kier molecular flexibility index (Phi) is 4.90. The molecule has 3 rings (SSSR count). The number of phenols is 1. The van der Waals surface area contributed by atoms with Gasteiger partial charge in [0.2, 0.25) is 0 Å². The van der Waals surface area contributed by atoms with Gasteiger partial charge in [0.1, 0.15) is 22.9 Å². The lowest BCUT2D eigenvalue weighted by molar-refractivity contribution is 0.414. The summed E-state index contributed by atoms with van der Waals surface area (Å²) in [6.07, 6.45) is 0. The van der Waals surface area contributed by atoms with Gasteiger partial charge in [-0.05, 0) is 61.7 Å². The molecule has 0 aliphatic rings. The van der Waals surface area contributed by atoms with Gasteiger partial charge in [-0.3, -0.25) is 9.59 Å². The SMILES string of the molecule is COc1cccc(C(C)Nc2c(Nc3cc(C)c(O)c(C)c3)c(=O)c2=O)c1. The lowest BCUT2D eigenvalue weighted by Gasteiger charge is -2.20. The summed E-state index contributed by atoms with van der Waals surface area (Å²) in [5, 5.41) is 16.0. The van der Waals surface area contributed by atoms with Crippen LogP contribution in [-0.4, -0.2) is 12.2 Å². The van der Waals surface area contributed by atoms with Crippen LogP contribution in [0, 0.1) is 13.8 Å². The zero-order valence-electron chi connectivity index (χ0n) is 15.7. The standard InChI is InChI=1S/C21H22N2O4/c1-11-8-15(9-12(2)19(11)24)23-18-17(20(25)21(18)26)22-13(3)14-6-5-7-16(10-14)27-4/h5-10,13,22-24H,1-4H3. The van der Waals surface area contributed by atoms with Crippen molar-refractivity contribution in [2.45, 2.75) is 26.8 Å². The van der Waals surface area contributed by atoms with Gasteiger partial charge in [0.05, 0.1) is 7.11 Å². The van der Waals surface area contributed by atoms with Gasteiger partial charge in [-0.15, -0.1) is 0 Å². The minimum absolute atomic E-state index is 0.188. The molecule has 1 atom stereocenters. The Morgan fingerprint density at radius 1 is 1.00 bits per heavy atom. The first-order valence-electron chi connectivity index (χ1n) is 8.62. The molecule has 3 aromatic carbocycles. The van der Waals surface area contributed by atoms with E-state index in [1.807, 2.05) is 31.2 Å². The number of aryl methyl sites for hydroxylation is 2. The van der Waals surface area contributed by atoms with E-state index >= 15 is 0 Å². The molecule has 0 heterocycles. The third-order valence-electron chi connectivity index (χ3n) is 4.63. The van der Waals surface area contributed by atoms with Crippen molar-refractivity contribution < 1.29 is 9.84 Å². The molecular formula is C21H22N2O4. The van der Waals surface area contributed by atoms with E-state index in [0.29, 0.717) is 16.8 Å². The predicted octanol–water partition coefficient (Wildman–Crippen LogP) is 3.53. The van der Waals surface area contributed by atoms with E-state index in [-0.39, 0.29) is 23.2 Å². The van der Waals surface area contributed by atoms with Crippen molar-refractivity contribution >= 4 is 17.1 Å². The van der Waals surface area contributed by atoms with Gasteiger partial charge >= 0.3 is 0 Å². The molecule has 3 N–H and O–H groups in total. The molecule has 0 bridgehead atoms. The fourth-order valence-corrected chi connectivity index (χ4v) is 3.03. The van der Waals surface area contributed by atoms with E-state index in [9.17, 15) is 14.7 Å². The molecule has 0 radical (unpaired) electrons. The topological polar surface area (TPSA) is 87.7 Å². The summed E-state index contributed by atoms with van der Waals surface area (Å²) in [4.78, 5) is 24.1. The van der Waals surface area contributed by atoms with Crippen molar-refractivity contribution in [3.8, 4) is 11.5 Å². The normalized spacial score (nSPS) is 12.0. The average molecular weight is 366 g/mol. The predicted molar refractivity (Wildman–Crippen MR) is 107 cm³/mol. The Bertz CT molecular complexity index is 1040. The number of hydrogen-bond acceptors (Lipinski definition) is 6.